The van der Waals surface area contributed by atoms with Crippen molar-refractivity contribution < 1.29 is 17.9 Å². The molecular weight excluding hydrogens is 291 g/mol. The quantitative estimate of drug-likeness (QED) is 0.822. The zero-order chi connectivity index (χ0) is 14.3. The molecule has 0 saturated carbocycles. The number of imidazole rings is 1. The molecule has 1 saturated heterocycles. The molecule has 20 heavy (non-hydrogen) atoms. The number of alkyl halides is 3. The van der Waals surface area contributed by atoms with E-state index in [1.54, 1.807) is 4.68 Å². The van der Waals surface area contributed by atoms with E-state index in [0.717, 1.165) is 12.1 Å². The van der Waals surface area contributed by atoms with Gasteiger partial charge in [0.05, 0.1) is 42.9 Å². The van der Waals surface area contributed by atoms with E-state index < -0.39 is 11.7 Å². The fourth-order valence-corrected chi connectivity index (χ4v) is 2.63. The smallest absolute Gasteiger partial charge is 0.378 e. The molecule has 0 atom stereocenters. The molecular formula is C12H12F3N3OS. The first kappa shape index (κ1) is 13.4. The standard InChI is InChI=1S/C12H12F3N3OS/c13-12(14,15)8-1-2-10-9(7-8)16-11(20)18(10)17-3-5-19-6-4-17/h1-2,7H,3-6H2,(H,16,20). The molecule has 0 aliphatic carbocycles. The van der Waals surface area contributed by atoms with Crippen LogP contribution in [0.15, 0.2) is 18.2 Å². The first-order valence-corrected chi connectivity index (χ1v) is 6.52. The van der Waals surface area contributed by atoms with Crippen molar-refractivity contribution >= 4 is 23.3 Å². The summed E-state index contributed by atoms with van der Waals surface area (Å²) in [6.45, 7) is 2.47. The molecule has 1 N–H and O–H groups in total. The lowest BCUT2D eigenvalue weighted by Crippen LogP contribution is -2.43. The van der Waals surface area contributed by atoms with Gasteiger partial charge in [0.2, 0.25) is 0 Å². The minimum atomic E-state index is -4.36. The van der Waals surface area contributed by atoms with Crippen LogP contribution in [0.5, 0.6) is 0 Å². The molecule has 2 heterocycles. The number of halogens is 3. The van der Waals surface area contributed by atoms with Crippen molar-refractivity contribution in [2.45, 2.75) is 6.18 Å². The van der Waals surface area contributed by atoms with Gasteiger partial charge in [-0.25, -0.2) is 4.68 Å². The molecule has 1 fully saturated rings. The van der Waals surface area contributed by atoms with E-state index in [4.69, 9.17) is 17.0 Å². The van der Waals surface area contributed by atoms with Crippen LogP contribution < -0.4 is 5.01 Å². The van der Waals surface area contributed by atoms with Gasteiger partial charge in [0, 0.05) is 0 Å². The number of rotatable bonds is 1. The highest BCUT2D eigenvalue weighted by molar-refractivity contribution is 7.71. The average molecular weight is 303 g/mol. The lowest BCUT2D eigenvalue weighted by atomic mass is 10.2. The van der Waals surface area contributed by atoms with Gasteiger partial charge in [-0.05, 0) is 30.4 Å². The number of fused-ring (bicyclic) bond motifs is 1. The summed E-state index contributed by atoms with van der Waals surface area (Å²) in [6, 6.07) is 3.60. The molecule has 0 spiro atoms. The summed E-state index contributed by atoms with van der Waals surface area (Å²) >= 11 is 5.21. The van der Waals surface area contributed by atoms with E-state index in [0.29, 0.717) is 42.1 Å². The molecule has 0 unspecified atom stereocenters. The number of nitrogens with one attached hydrogen (secondary N) is 1. The van der Waals surface area contributed by atoms with Crippen molar-refractivity contribution in [1.29, 1.82) is 0 Å². The van der Waals surface area contributed by atoms with Crippen LogP contribution in [0.2, 0.25) is 0 Å². The Labute approximate surface area is 117 Å². The van der Waals surface area contributed by atoms with Crippen molar-refractivity contribution in [2.75, 3.05) is 31.3 Å². The third-order valence-electron chi connectivity index (χ3n) is 3.26. The molecule has 3 rings (SSSR count). The minimum absolute atomic E-state index is 0.385. The summed E-state index contributed by atoms with van der Waals surface area (Å²) in [5.74, 6) is 0. The summed E-state index contributed by atoms with van der Waals surface area (Å²) in [5.41, 5.74) is 0.344. The van der Waals surface area contributed by atoms with E-state index in [2.05, 4.69) is 4.98 Å². The number of ether oxygens (including phenoxy) is 1. The Morgan fingerprint density at radius 3 is 2.55 bits per heavy atom. The van der Waals surface area contributed by atoms with E-state index in [9.17, 15) is 13.2 Å². The second kappa shape index (κ2) is 4.78. The van der Waals surface area contributed by atoms with Gasteiger partial charge < -0.3 is 14.7 Å². The molecule has 1 aliphatic heterocycles. The third-order valence-corrected chi connectivity index (χ3v) is 3.53. The number of nitrogens with zero attached hydrogens (tertiary/aromatic N) is 2. The maximum atomic E-state index is 12.7. The molecule has 2 aromatic rings. The Bertz CT molecular complexity index is 685. The molecule has 4 nitrogen and oxygen atoms in total. The Hall–Kier alpha value is -1.54. The lowest BCUT2D eigenvalue weighted by molar-refractivity contribution is -0.137. The number of aromatic nitrogens is 2. The molecule has 108 valence electrons. The number of benzene rings is 1. The highest BCUT2D eigenvalue weighted by Crippen LogP contribution is 2.31. The number of hydrogen-bond donors (Lipinski definition) is 1. The Morgan fingerprint density at radius 2 is 1.90 bits per heavy atom. The van der Waals surface area contributed by atoms with Crippen LogP contribution in [0.3, 0.4) is 0 Å². The zero-order valence-corrected chi connectivity index (χ0v) is 11.2. The second-order valence-electron chi connectivity index (χ2n) is 4.54. The first-order chi connectivity index (χ1) is 9.47. The largest absolute Gasteiger partial charge is 0.416 e. The van der Waals surface area contributed by atoms with Gasteiger partial charge in [-0.3, -0.25) is 0 Å². The maximum absolute atomic E-state index is 12.7. The average Bonchev–Trinajstić information content (AvgIpc) is 2.73. The fourth-order valence-electron chi connectivity index (χ4n) is 2.31. The predicted octanol–water partition coefficient (Wildman–Crippen LogP) is 2.69. The van der Waals surface area contributed by atoms with Gasteiger partial charge in [-0.1, -0.05) is 0 Å². The monoisotopic (exact) mass is 303 g/mol. The van der Waals surface area contributed by atoms with Gasteiger partial charge in [0.1, 0.15) is 0 Å². The molecule has 0 bridgehead atoms. The van der Waals surface area contributed by atoms with Crippen molar-refractivity contribution in [1.82, 2.24) is 9.66 Å². The van der Waals surface area contributed by atoms with Gasteiger partial charge >= 0.3 is 6.18 Å². The van der Waals surface area contributed by atoms with Crippen LogP contribution >= 0.6 is 12.2 Å². The van der Waals surface area contributed by atoms with Crippen LogP contribution in [0, 0.1) is 4.77 Å². The van der Waals surface area contributed by atoms with Gasteiger partial charge in [-0.2, -0.15) is 13.2 Å². The Balaban J connectivity index is 2.10. The summed E-state index contributed by atoms with van der Waals surface area (Å²) in [6.07, 6.45) is -4.36. The molecule has 8 heteroatoms. The van der Waals surface area contributed by atoms with Gasteiger partial charge in [0.25, 0.3) is 0 Å². The molecule has 1 aromatic carbocycles. The minimum Gasteiger partial charge on any atom is -0.378 e. The van der Waals surface area contributed by atoms with Gasteiger partial charge in [0.15, 0.2) is 4.77 Å². The number of morpholine rings is 1. The Kier molecular flexibility index (Phi) is 3.21. The molecule has 1 aromatic heterocycles. The van der Waals surface area contributed by atoms with E-state index >= 15 is 0 Å². The van der Waals surface area contributed by atoms with E-state index in [-0.39, 0.29) is 0 Å². The number of aromatic amines is 1. The van der Waals surface area contributed by atoms with Crippen LogP contribution in [-0.2, 0) is 10.9 Å². The highest BCUT2D eigenvalue weighted by atomic mass is 32.1. The topological polar surface area (TPSA) is 33.2 Å². The van der Waals surface area contributed by atoms with Crippen LogP contribution in [-0.4, -0.2) is 36.0 Å². The SMILES string of the molecule is FC(F)(F)c1ccc2c(c1)[nH]c(=S)n2N1CCOCC1. The van der Waals surface area contributed by atoms with E-state index in [1.807, 2.05) is 5.01 Å². The summed E-state index contributed by atoms with van der Waals surface area (Å²) < 4.78 is 45.5. The summed E-state index contributed by atoms with van der Waals surface area (Å²) in [7, 11) is 0. The van der Waals surface area contributed by atoms with Crippen LogP contribution in [0.25, 0.3) is 11.0 Å². The lowest BCUT2D eigenvalue weighted by Gasteiger charge is -2.29. The van der Waals surface area contributed by atoms with E-state index in [1.165, 1.54) is 6.07 Å². The van der Waals surface area contributed by atoms with Crippen molar-refractivity contribution in [3.8, 4) is 0 Å². The molecule has 0 radical (unpaired) electrons. The van der Waals surface area contributed by atoms with Crippen molar-refractivity contribution in [3.05, 3.63) is 28.5 Å². The predicted molar refractivity (Wildman–Crippen MR) is 70.9 cm³/mol. The molecule has 0 amide bonds. The van der Waals surface area contributed by atoms with Crippen LogP contribution in [0.1, 0.15) is 5.56 Å². The Morgan fingerprint density at radius 1 is 1.20 bits per heavy atom. The van der Waals surface area contributed by atoms with Crippen molar-refractivity contribution in [2.24, 2.45) is 0 Å². The first-order valence-electron chi connectivity index (χ1n) is 6.12. The van der Waals surface area contributed by atoms with Gasteiger partial charge in [-0.15, -0.1) is 0 Å². The maximum Gasteiger partial charge on any atom is 0.416 e. The zero-order valence-electron chi connectivity index (χ0n) is 10.4. The third kappa shape index (κ3) is 2.29. The molecule has 1 aliphatic rings. The second-order valence-corrected chi connectivity index (χ2v) is 4.92. The number of hydrogen-bond acceptors (Lipinski definition) is 3. The fraction of sp³-hybridized carbons (Fsp3) is 0.417. The van der Waals surface area contributed by atoms with Crippen molar-refractivity contribution in [3.63, 3.8) is 0 Å². The summed E-state index contributed by atoms with van der Waals surface area (Å²) in [5, 5.41) is 1.97. The van der Waals surface area contributed by atoms with Crippen LogP contribution in [0.4, 0.5) is 13.2 Å². The highest BCUT2D eigenvalue weighted by Gasteiger charge is 2.31. The number of H-pyrrole nitrogens is 1. The normalized spacial score (nSPS) is 16.9. The summed E-state index contributed by atoms with van der Waals surface area (Å²) in [4.78, 5) is 2.83.